The van der Waals surface area contributed by atoms with Crippen LogP contribution >= 0.6 is 23.2 Å². The van der Waals surface area contributed by atoms with Crippen molar-refractivity contribution in [2.45, 2.75) is 77.4 Å². The second kappa shape index (κ2) is 11.7. The van der Waals surface area contributed by atoms with Gasteiger partial charge >= 0.3 is 0 Å². The molecule has 0 aromatic heterocycles. The van der Waals surface area contributed by atoms with Crippen LogP contribution in [-0.4, -0.2) is 28.8 Å². The summed E-state index contributed by atoms with van der Waals surface area (Å²) >= 11 is 12.7. The largest absolute Gasteiger partial charge is 0.352 e. The van der Waals surface area contributed by atoms with E-state index in [1.165, 1.54) is 6.42 Å². The third kappa shape index (κ3) is 6.49. The van der Waals surface area contributed by atoms with E-state index in [1.54, 1.807) is 23.1 Å². The topological polar surface area (TPSA) is 49.4 Å². The standard InChI is InChI=1S/C26H32Cl2N2O2/c1-3-24(26(32)29-20-11-5-4-6-12-20)30(17-19-10-7-9-18(2)15-19)25(31)16-21-22(27)13-8-14-23(21)28/h7-10,13-15,20,24H,3-6,11-12,16-17H2,1-2H3,(H,29,32)/t24-/m0/s1. The van der Waals surface area contributed by atoms with Crippen LogP contribution in [-0.2, 0) is 22.6 Å². The summed E-state index contributed by atoms with van der Waals surface area (Å²) in [5.74, 6) is -0.238. The van der Waals surface area contributed by atoms with E-state index in [4.69, 9.17) is 23.2 Å². The van der Waals surface area contributed by atoms with Crippen LogP contribution in [0.15, 0.2) is 42.5 Å². The van der Waals surface area contributed by atoms with E-state index in [1.807, 2.05) is 32.0 Å². The minimum atomic E-state index is -0.550. The summed E-state index contributed by atoms with van der Waals surface area (Å²) in [4.78, 5) is 28.5. The molecule has 2 aromatic rings. The van der Waals surface area contributed by atoms with Crippen LogP contribution in [0.5, 0.6) is 0 Å². The van der Waals surface area contributed by atoms with Gasteiger partial charge in [0.25, 0.3) is 0 Å². The molecule has 0 aliphatic heterocycles. The molecule has 0 spiro atoms. The average Bonchev–Trinajstić information content (AvgIpc) is 2.77. The van der Waals surface area contributed by atoms with E-state index >= 15 is 0 Å². The van der Waals surface area contributed by atoms with Crippen molar-refractivity contribution in [1.82, 2.24) is 10.2 Å². The van der Waals surface area contributed by atoms with Gasteiger partial charge in [0.15, 0.2) is 0 Å². The lowest BCUT2D eigenvalue weighted by atomic mass is 9.95. The van der Waals surface area contributed by atoms with E-state index in [2.05, 4.69) is 11.4 Å². The molecule has 2 amide bonds. The molecule has 1 aliphatic carbocycles. The Hall–Kier alpha value is -2.04. The maximum Gasteiger partial charge on any atom is 0.243 e. The predicted octanol–water partition coefficient (Wildman–Crippen LogP) is 6.10. The monoisotopic (exact) mass is 474 g/mol. The number of nitrogens with zero attached hydrogens (tertiary/aromatic N) is 1. The van der Waals surface area contributed by atoms with Gasteiger partial charge in [0.1, 0.15) is 6.04 Å². The molecule has 32 heavy (non-hydrogen) atoms. The highest BCUT2D eigenvalue weighted by Crippen LogP contribution is 2.26. The fourth-order valence-corrected chi connectivity index (χ4v) is 4.96. The molecule has 0 heterocycles. The van der Waals surface area contributed by atoms with E-state index in [0.29, 0.717) is 28.6 Å². The van der Waals surface area contributed by atoms with Crippen molar-refractivity contribution in [3.05, 3.63) is 69.2 Å². The second-order valence-corrected chi connectivity index (χ2v) is 9.47. The molecule has 4 nitrogen and oxygen atoms in total. The van der Waals surface area contributed by atoms with Crippen molar-refractivity contribution >= 4 is 35.0 Å². The minimum Gasteiger partial charge on any atom is -0.352 e. The molecule has 1 saturated carbocycles. The third-order valence-electron chi connectivity index (χ3n) is 6.16. The first-order valence-electron chi connectivity index (χ1n) is 11.5. The highest BCUT2D eigenvalue weighted by Gasteiger charge is 2.31. The third-order valence-corrected chi connectivity index (χ3v) is 6.87. The van der Waals surface area contributed by atoms with Crippen molar-refractivity contribution in [2.75, 3.05) is 0 Å². The molecule has 0 saturated heterocycles. The smallest absolute Gasteiger partial charge is 0.243 e. The number of hydrogen-bond acceptors (Lipinski definition) is 2. The van der Waals surface area contributed by atoms with Gasteiger partial charge in [0.05, 0.1) is 6.42 Å². The van der Waals surface area contributed by atoms with Gasteiger partial charge in [0.2, 0.25) is 11.8 Å². The summed E-state index contributed by atoms with van der Waals surface area (Å²) in [5.41, 5.74) is 2.70. The molecule has 0 radical (unpaired) electrons. The van der Waals surface area contributed by atoms with Gasteiger partial charge < -0.3 is 10.2 Å². The van der Waals surface area contributed by atoms with Crippen LogP contribution < -0.4 is 5.32 Å². The molecule has 1 fully saturated rings. The first-order chi connectivity index (χ1) is 15.4. The number of hydrogen-bond donors (Lipinski definition) is 1. The summed E-state index contributed by atoms with van der Waals surface area (Å²) in [7, 11) is 0. The zero-order valence-electron chi connectivity index (χ0n) is 18.9. The lowest BCUT2D eigenvalue weighted by molar-refractivity contribution is -0.141. The summed E-state index contributed by atoms with van der Waals surface area (Å²) in [6.07, 6.45) is 6.09. The van der Waals surface area contributed by atoms with Crippen molar-refractivity contribution < 1.29 is 9.59 Å². The molecule has 1 N–H and O–H groups in total. The van der Waals surface area contributed by atoms with Gasteiger partial charge in [-0.1, -0.05) is 85.3 Å². The Morgan fingerprint density at radius 1 is 1.06 bits per heavy atom. The molecule has 3 rings (SSSR count). The summed E-state index contributed by atoms with van der Waals surface area (Å²) in [6.45, 7) is 4.33. The van der Waals surface area contributed by atoms with E-state index in [0.717, 1.165) is 36.8 Å². The van der Waals surface area contributed by atoms with Crippen molar-refractivity contribution in [3.8, 4) is 0 Å². The highest BCUT2D eigenvalue weighted by molar-refractivity contribution is 6.36. The second-order valence-electron chi connectivity index (χ2n) is 8.66. The quantitative estimate of drug-likeness (QED) is 0.502. The molecule has 6 heteroatoms. The zero-order valence-corrected chi connectivity index (χ0v) is 20.4. The minimum absolute atomic E-state index is 0.0531. The average molecular weight is 475 g/mol. The van der Waals surface area contributed by atoms with Gasteiger partial charge in [-0.25, -0.2) is 0 Å². The van der Waals surface area contributed by atoms with Gasteiger partial charge in [-0.3, -0.25) is 9.59 Å². The van der Waals surface area contributed by atoms with Crippen molar-refractivity contribution in [3.63, 3.8) is 0 Å². The maximum atomic E-state index is 13.5. The Bertz CT molecular complexity index is 921. The molecule has 1 atom stereocenters. The number of amides is 2. The first kappa shape index (κ1) is 24.6. The van der Waals surface area contributed by atoms with Gasteiger partial charge in [0, 0.05) is 22.6 Å². The molecule has 1 aliphatic rings. The zero-order chi connectivity index (χ0) is 23.1. The van der Waals surface area contributed by atoms with Crippen LogP contribution in [0.1, 0.15) is 62.1 Å². The first-order valence-corrected chi connectivity index (χ1v) is 12.2. The van der Waals surface area contributed by atoms with Crippen molar-refractivity contribution in [2.24, 2.45) is 0 Å². The number of nitrogens with one attached hydrogen (secondary N) is 1. The summed E-state index contributed by atoms with van der Waals surface area (Å²) in [6, 6.07) is 12.9. The summed E-state index contributed by atoms with van der Waals surface area (Å²) < 4.78 is 0. The summed E-state index contributed by atoms with van der Waals surface area (Å²) in [5, 5.41) is 4.12. The number of benzene rings is 2. The van der Waals surface area contributed by atoms with Crippen LogP contribution in [0, 0.1) is 6.92 Å². The van der Waals surface area contributed by atoms with Gasteiger partial charge in [-0.05, 0) is 49.4 Å². The van der Waals surface area contributed by atoms with E-state index < -0.39 is 6.04 Å². The van der Waals surface area contributed by atoms with Crippen LogP contribution in [0.25, 0.3) is 0 Å². The van der Waals surface area contributed by atoms with Gasteiger partial charge in [-0.2, -0.15) is 0 Å². The lowest BCUT2D eigenvalue weighted by Gasteiger charge is -2.33. The molecular weight excluding hydrogens is 443 g/mol. The number of halogens is 2. The van der Waals surface area contributed by atoms with E-state index in [-0.39, 0.29) is 24.3 Å². The Kier molecular flexibility index (Phi) is 9.01. The molecule has 2 aromatic carbocycles. The lowest BCUT2D eigenvalue weighted by Crippen LogP contribution is -2.52. The maximum absolute atomic E-state index is 13.5. The Morgan fingerprint density at radius 3 is 2.34 bits per heavy atom. The molecule has 172 valence electrons. The number of carbonyl (C=O) groups excluding carboxylic acids is 2. The number of carbonyl (C=O) groups is 2. The number of rotatable bonds is 8. The predicted molar refractivity (Wildman–Crippen MR) is 131 cm³/mol. The fraction of sp³-hybridized carbons (Fsp3) is 0.462. The normalized spacial score (nSPS) is 15.2. The molecule has 0 unspecified atom stereocenters. The Labute approximate surface area is 201 Å². The molecular formula is C26H32Cl2N2O2. The van der Waals surface area contributed by atoms with E-state index in [9.17, 15) is 9.59 Å². The SMILES string of the molecule is CC[C@@H](C(=O)NC1CCCCC1)N(Cc1cccc(C)c1)C(=O)Cc1c(Cl)cccc1Cl. The van der Waals surface area contributed by atoms with Crippen LogP contribution in [0.2, 0.25) is 10.0 Å². The van der Waals surface area contributed by atoms with Gasteiger partial charge in [-0.15, -0.1) is 0 Å². The fourth-order valence-electron chi connectivity index (χ4n) is 4.42. The Balaban J connectivity index is 1.85. The van der Waals surface area contributed by atoms with Crippen LogP contribution in [0.3, 0.4) is 0 Å². The molecule has 0 bridgehead atoms. The number of aryl methyl sites for hydroxylation is 1. The van der Waals surface area contributed by atoms with Crippen LogP contribution in [0.4, 0.5) is 0 Å². The Morgan fingerprint density at radius 2 is 1.72 bits per heavy atom. The van der Waals surface area contributed by atoms with Crippen molar-refractivity contribution in [1.29, 1.82) is 0 Å². The highest BCUT2D eigenvalue weighted by atomic mass is 35.5.